The maximum absolute atomic E-state index is 12.0. The highest BCUT2D eigenvalue weighted by atomic mass is 16.2. The van der Waals surface area contributed by atoms with Crippen molar-refractivity contribution in [2.45, 2.75) is 19.8 Å². The first-order valence-corrected chi connectivity index (χ1v) is 6.70. The van der Waals surface area contributed by atoms with E-state index < -0.39 is 0 Å². The smallest absolute Gasteiger partial charge is 0.238 e. The summed E-state index contributed by atoms with van der Waals surface area (Å²) in [5, 5.41) is 11.7. The van der Waals surface area contributed by atoms with Crippen LogP contribution >= 0.6 is 0 Å². The molecule has 0 bridgehead atoms. The van der Waals surface area contributed by atoms with Gasteiger partial charge < -0.3 is 5.32 Å². The molecule has 1 N–H and O–H groups in total. The molecular weight excluding hydrogens is 238 g/mol. The molecule has 1 heterocycles. The third-order valence-corrected chi connectivity index (χ3v) is 3.38. The molecule has 1 fully saturated rings. The molecule has 1 atom stereocenters. The maximum Gasteiger partial charge on any atom is 0.238 e. The van der Waals surface area contributed by atoms with Crippen LogP contribution in [0.2, 0.25) is 0 Å². The topological polar surface area (TPSA) is 56.1 Å². The minimum Gasteiger partial charge on any atom is -0.325 e. The van der Waals surface area contributed by atoms with Crippen molar-refractivity contribution in [1.82, 2.24) is 4.90 Å². The second-order valence-electron chi connectivity index (χ2n) is 5.22. The van der Waals surface area contributed by atoms with Crippen LogP contribution in [0.4, 0.5) is 5.69 Å². The largest absolute Gasteiger partial charge is 0.325 e. The van der Waals surface area contributed by atoms with E-state index in [1.165, 1.54) is 12.8 Å². The number of rotatable bonds is 3. The Morgan fingerprint density at radius 1 is 1.58 bits per heavy atom. The van der Waals surface area contributed by atoms with E-state index in [-0.39, 0.29) is 5.91 Å². The number of carbonyl (C=O) groups is 1. The number of anilines is 1. The number of nitrogens with zero attached hydrogens (tertiary/aromatic N) is 2. The third kappa shape index (κ3) is 4.08. The molecule has 1 saturated heterocycles. The van der Waals surface area contributed by atoms with Crippen molar-refractivity contribution in [3.8, 4) is 6.07 Å². The summed E-state index contributed by atoms with van der Waals surface area (Å²) in [6, 6.07) is 9.06. The average molecular weight is 257 g/mol. The monoisotopic (exact) mass is 257 g/mol. The minimum absolute atomic E-state index is 0.0100. The van der Waals surface area contributed by atoms with E-state index in [0.29, 0.717) is 23.7 Å². The SMILES string of the molecule is C[C@H]1CCCN(CC(=O)Nc2cccc(C#N)c2)C1. The van der Waals surface area contributed by atoms with E-state index in [9.17, 15) is 4.79 Å². The molecule has 2 rings (SSSR count). The Morgan fingerprint density at radius 2 is 2.42 bits per heavy atom. The molecule has 19 heavy (non-hydrogen) atoms. The van der Waals surface area contributed by atoms with Gasteiger partial charge in [-0.3, -0.25) is 9.69 Å². The fourth-order valence-electron chi connectivity index (χ4n) is 2.50. The molecule has 0 unspecified atom stereocenters. The molecule has 1 aliphatic rings. The number of amides is 1. The van der Waals surface area contributed by atoms with Gasteiger partial charge in [-0.25, -0.2) is 0 Å². The van der Waals surface area contributed by atoms with E-state index >= 15 is 0 Å². The molecule has 0 saturated carbocycles. The van der Waals surface area contributed by atoms with Gasteiger partial charge in [0.2, 0.25) is 5.91 Å². The fourth-order valence-corrected chi connectivity index (χ4v) is 2.50. The van der Waals surface area contributed by atoms with Crippen LogP contribution in [0.1, 0.15) is 25.3 Å². The summed E-state index contributed by atoms with van der Waals surface area (Å²) >= 11 is 0. The second-order valence-corrected chi connectivity index (χ2v) is 5.22. The number of hydrogen-bond donors (Lipinski definition) is 1. The Morgan fingerprint density at radius 3 is 3.16 bits per heavy atom. The number of hydrogen-bond acceptors (Lipinski definition) is 3. The summed E-state index contributed by atoms with van der Waals surface area (Å²) in [5.41, 5.74) is 1.25. The predicted molar refractivity (Wildman–Crippen MR) is 74.6 cm³/mol. The first kappa shape index (κ1) is 13.6. The van der Waals surface area contributed by atoms with Crippen LogP contribution in [-0.2, 0) is 4.79 Å². The molecule has 0 radical (unpaired) electrons. The molecule has 1 aliphatic heterocycles. The van der Waals surface area contributed by atoms with Gasteiger partial charge in [0.05, 0.1) is 18.2 Å². The summed E-state index contributed by atoms with van der Waals surface area (Å²) in [7, 11) is 0. The summed E-state index contributed by atoms with van der Waals surface area (Å²) < 4.78 is 0. The number of piperidine rings is 1. The third-order valence-electron chi connectivity index (χ3n) is 3.38. The van der Waals surface area contributed by atoms with Crippen molar-refractivity contribution in [3.63, 3.8) is 0 Å². The van der Waals surface area contributed by atoms with Gasteiger partial charge in [-0.1, -0.05) is 13.0 Å². The van der Waals surface area contributed by atoms with Crippen LogP contribution < -0.4 is 5.32 Å². The maximum atomic E-state index is 12.0. The first-order chi connectivity index (χ1) is 9.17. The van der Waals surface area contributed by atoms with Crippen molar-refractivity contribution < 1.29 is 4.79 Å². The van der Waals surface area contributed by atoms with E-state index in [2.05, 4.69) is 23.2 Å². The van der Waals surface area contributed by atoms with Crippen LogP contribution in [0.3, 0.4) is 0 Å². The Labute approximate surface area is 114 Å². The lowest BCUT2D eigenvalue weighted by Gasteiger charge is -2.30. The molecule has 4 nitrogen and oxygen atoms in total. The predicted octanol–water partition coefficient (Wildman–Crippen LogP) is 2.23. The number of carbonyl (C=O) groups excluding carboxylic acids is 1. The normalized spacial score (nSPS) is 19.7. The van der Waals surface area contributed by atoms with E-state index in [1.807, 2.05) is 0 Å². The lowest BCUT2D eigenvalue weighted by Crippen LogP contribution is -2.39. The molecule has 0 aliphatic carbocycles. The molecule has 4 heteroatoms. The zero-order valence-corrected chi connectivity index (χ0v) is 11.2. The van der Waals surface area contributed by atoms with Gasteiger partial charge in [0, 0.05) is 12.2 Å². The van der Waals surface area contributed by atoms with Crippen LogP contribution in [0.15, 0.2) is 24.3 Å². The molecule has 0 spiro atoms. The molecule has 0 aromatic heterocycles. The van der Waals surface area contributed by atoms with Gasteiger partial charge in [-0.2, -0.15) is 5.26 Å². The molecule has 1 aromatic rings. The number of nitriles is 1. The molecule has 1 aromatic carbocycles. The zero-order chi connectivity index (χ0) is 13.7. The van der Waals surface area contributed by atoms with Gasteiger partial charge in [-0.15, -0.1) is 0 Å². The zero-order valence-electron chi connectivity index (χ0n) is 11.2. The van der Waals surface area contributed by atoms with Crippen molar-refractivity contribution >= 4 is 11.6 Å². The highest BCUT2D eigenvalue weighted by Gasteiger charge is 2.18. The summed E-state index contributed by atoms with van der Waals surface area (Å²) in [6.07, 6.45) is 2.42. The molecular formula is C15H19N3O. The van der Waals surface area contributed by atoms with Crippen LogP contribution in [0.5, 0.6) is 0 Å². The van der Waals surface area contributed by atoms with E-state index in [1.54, 1.807) is 24.3 Å². The number of nitrogens with one attached hydrogen (secondary N) is 1. The van der Waals surface area contributed by atoms with Gasteiger partial charge in [-0.05, 0) is 43.5 Å². The average Bonchev–Trinajstić information content (AvgIpc) is 2.38. The van der Waals surface area contributed by atoms with Gasteiger partial charge >= 0.3 is 0 Å². The van der Waals surface area contributed by atoms with Crippen LogP contribution in [0, 0.1) is 17.2 Å². The quantitative estimate of drug-likeness (QED) is 0.903. The highest BCUT2D eigenvalue weighted by Crippen LogP contribution is 2.15. The Hall–Kier alpha value is -1.86. The van der Waals surface area contributed by atoms with Gasteiger partial charge in [0.15, 0.2) is 0 Å². The van der Waals surface area contributed by atoms with Crippen molar-refractivity contribution in [3.05, 3.63) is 29.8 Å². The van der Waals surface area contributed by atoms with Crippen LogP contribution in [0.25, 0.3) is 0 Å². The van der Waals surface area contributed by atoms with Gasteiger partial charge in [0.25, 0.3) is 0 Å². The standard InChI is InChI=1S/C15H19N3O/c1-12-4-3-7-18(10-12)11-15(19)17-14-6-2-5-13(8-14)9-16/h2,5-6,8,12H,3-4,7,10-11H2,1H3,(H,17,19)/t12-/m0/s1. The Bertz CT molecular complexity index is 492. The number of benzene rings is 1. The van der Waals surface area contributed by atoms with E-state index in [4.69, 9.17) is 5.26 Å². The van der Waals surface area contributed by atoms with Crippen molar-refractivity contribution in [2.75, 3.05) is 25.0 Å². The Balaban J connectivity index is 1.88. The Kier molecular flexibility index (Phi) is 4.53. The summed E-state index contributed by atoms with van der Waals surface area (Å²) in [4.78, 5) is 14.1. The lowest BCUT2D eigenvalue weighted by atomic mass is 10.0. The highest BCUT2D eigenvalue weighted by molar-refractivity contribution is 5.92. The number of likely N-dealkylation sites (tertiary alicyclic amines) is 1. The fraction of sp³-hybridized carbons (Fsp3) is 0.467. The minimum atomic E-state index is -0.0100. The van der Waals surface area contributed by atoms with E-state index in [0.717, 1.165) is 13.1 Å². The first-order valence-electron chi connectivity index (χ1n) is 6.70. The summed E-state index contributed by atoms with van der Waals surface area (Å²) in [6.45, 7) is 4.64. The van der Waals surface area contributed by atoms with Crippen LogP contribution in [-0.4, -0.2) is 30.4 Å². The second kappa shape index (κ2) is 6.35. The van der Waals surface area contributed by atoms with Gasteiger partial charge in [0.1, 0.15) is 0 Å². The van der Waals surface area contributed by atoms with Crippen molar-refractivity contribution in [2.24, 2.45) is 5.92 Å². The molecule has 1 amide bonds. The summed E-state index contributed by atoms with van der Waals surface area (Å²) in [5.74, 6) is 0.660. The molecule has 100 valence electrons. The van der Waals surface area contributed by atoms with Crippen molar-refractivity contribution in [1.29, 1.82) is 5.26 Å². The lowest BCUT2D eigenvalue weighted by molar-refractivity contribution is -0.117.